The van der Waals surface area contributed by atoms with Gasteiger partial charge in [-0.15, -0.1) is 0 Å². The number of nitrogens with one attached hydrogen (secondary N) is 2. The molecule has 2 N–H and O–H groups in total. The Morgan fingerprint density at radius 3 is 2.84 bits per heavy atom. The van der Waals surface area contributed by atoms with E-state index in [1.54, 1.807) is 13.1 Å². The minimum atomic E-state index is -0.158. The van der Waals surface area contributed by atoms with Crippen LogP contribution in [0.3, 0.4) is 0 Å². The fourth-order valence-electron chi connectivity index (χ4n) is 1.95. The highest BCUT2D eigenvalue weighted by Gasteiger charge is 2.14. The second kappa shape index (κ2) is 5.56. The summed E-state index contributed by atoms with van der Waals surface area (Å²) in [6, 6.07) is 7.36. The van der Waals surface area contributed by atoms with Gasteiger partial charge < -0.3 is 15.2 Å². The minimum absolute atomic E-state index is 0.0673. The normalized spacial score (nSPS) is 10.4. The molecule has 0 spiro atoms. The fraction of sp³-hybridized carbons (Fsp3) is 0.286. The smallest absolute Gasteiger partial charge is 0.254 e. The van der Waals surface area contributed by atoms with Crippen LogP contribution in [0.25, 0.3) is 10.9 Å². The average molecular weight is 259 g/mol. The number of H-pyrrole nitrogens is 1. The van der Waals surface area contributed by atoms with E-state index in [9.17, 15) is 9.59 Å². The highest BCUT2D eigenvalue weighted by Crippen LogP contribution is 2.15. The van der Waals surface area contributed by atoms with Gasteiger partial charge in [0.25, 0.3) is 5.91 Å². The molecule has 5 nitrogen and oxygen atoms in total. The Morgan fingerprint density at radius 1 is 1.32 bits per heavy atom. The summed E-state index contributed by atoms with van der Waals surface area (Å²) in [6.07, 6.45) is 1.83. The standard InChI is InChI=1S/C14H17N3O2/c1-3-15-13(18)9-17(2)14(19)11-4-5-12-10(8-11)6-7-16-12/h4-8,16H,3,9H2,1-2H3,(H,15,18). The number of carbonyl (C=O) groups is 2. The Bertz CT molecular complexity index is 604. The number of rotatable bonds is 4. The maximum Gasteiger partial charge on any atom is 0.254 e. The van der Waals surface area contributed by atoms with Crippen molar-refractivity contribution < 1.29 is 9.59 Å². The van der Waals surface area contributed by atoms with E-state index in [4.69, 9.17) is 0 Å². The third-order valence-corrected chi connectivity index (χ3v) is 2.90. The first-order chi connectivity index (χ1) is 9.11. The van der Waals surface area contributed by atoms with Crippen molar-refractivity contribution in [3.8, 4) is 0 Å². The Hall–Kier alpha value is -2.30. The lowest BCUT2D eigenvalue weighted by molar-refractivity contribution is -0.121. The van der Waals surface area contributed by atoms with E-state index in [1.165, 1.54) is 4.90 Å². The van der Waals surface area contributed by atoms with Gasteiger partial charge in [0.15, 0.2) is 0 Å². The SMILES string of the molecule is CCNC(=O)CN(C)C(=O)c1ccc2[nH]ccc2c1. The molecule has 1 aromatic carbocycles. The maximum absolute atomic E-state index is 12.2. The summed E-state index contributed by atoms with van der Waals surface area (Å²) in [5.41, 5.74) is 1.57. The topological polar surface area (TPSA) is 65.2 Å². The Morgan fingerprint density at radius 2 is 2.11 bits per heavy atom. The third kappa shape index (κ3) is 2.93. The monoisotopic (exact) mass is 259 g/mol. The number of benzene rings is 1. The summed E-state index contributed by atoms with van der Waals surface area (Å²) in [4.78, 5) is 28.1. The van der Waals surface area contributed by atoms with Gasteiger partial charge in [-0.25, -0.2) is 0 Å². The number of amides is 2. The first-order valence-corrected chi connectivity index (χ1v) is 6.21. The second-order valence-corrected chi connectivity index (χ2v) is 4.39. The van der Waals surface area contributed by atoms with Crippen LogP contribution >= 0.6 is 0 Å². The molecule has 0 aliphatic heterocycles. The Kier molecular flexibility index (Phi) is 3.85. The predicted octanol–water partition coefficient (Wildman–Crippen LogP) is 1.38. The molecule has 0 saturated carbocycles. The lowest BCUT2D eigenvalue weighted by Crippen LogP contribution is -2.38. The number of fused-ring (bicyclic) bond motifs is 1. The van der Waals surface area contributed by atoms with Gasteiger partial charge in [-0.2, -0.15) is 0 Å². The summed E-state index contributed by atoms with van der Waals surface area (Å²) in [5.74, 6) is -0.310. The zero-order valence-electron chi connectivity index (χ0n) is 11.1. The van der Waals surface area contributed by atoms with Crippen molar-refractivity contribution in [1.29, 1.82) is 0 Å². The van der Waals surface area contributed by atoms with E-state index in [0.29, 0.717) is 12.1 Å². The van der Waals surface area contributed by atoms with Crippen LogP contribution in [0.5, 0.6) is 0 Å². The third-order valence-electron chi connectivity index (χ3n) is 2.90. The number of nitrogens with zero attached hydrogens (tertiary/aromatic N) is 1. The van der Waals surface area contributed by atoms with Crippen molar-refractivity contribution in [1.82, 2.24) is 15.2 Å². The quantitative estimate of drug-likeness (QED) is 0.871. The van der Waals surface area contributed by atoms with E-state index < -0.39 is 0 Å². The molecule has 0 saturated heterocycles. The number of hydrogen-bond donors (Lipinski definition) is 2. The molecule has 19 heavy (non-hydrogen) atoms. The Balaban J connectivity index is 2.11. The van der Waals surface area contributed by atoms with E-state index in [1.807, 2.05) is 31.3 Å². The molecule has 1 aromatic heterocycles. The summed E-state index contributed by atoms with van der Waals surface area (Å²) in [5, 5.41) is 3.65. The van der Waals surface area contributed by atoms with Crippen molar-refractivity contribution in [3.05, 3.63) is 36.0 Å². The van der Waals surface area contributed by atoms with Gasteiger partial charge in [0.1, 0.15) is 0 Å². The molecule has 0 atom stereocenters. The zero-order valence-corrected chi connectivity index (χ0v) is 11.1. The molecule has 2 rings (SSSR count). The van der Waals surface area contributed by atoms with Crippen LogP contribution < -0.4 is 5.32 Å². The summed E-state index contributed by atoms with van der Waals surface area (Å²) < 4.78 is 0. The minimum Gasteiger partial charge on any atom is -0.361 e. The molecule has 0 aliphatic carbocycles. The van der Waals surface area contributed by atoms with Gasteiger partial charge in [0.2, 0.25) is 5.91 Å². The van der Waals surface area contributed by atoms with Gasteiger partial charge in [-0.05, 0) is 31.2 Å². The molecule has 0 fully saturated rings. The van der Waals surface area contributed by atoms with E-state index in [2.05, 4.69) is 10.3 Å². The van der Waals surface area contributed by atoms with Crippen LogP contribution in [0.15, 0.2) is 30.5 Å². The molecule has 5 heteroatoms. The van der Waals surface area contributed by atoms with Gasteiger partial charge >= 0.3 is 0 Å². The van der Waals surface area contributed by atoms with Gasteiger partial charge in [0.05, 0.1) is 6.54 Å². The highest BCUT2D eigenvalue weighted by molar-refractivity contribution is 5.99. The van der Waals surface area contributed by atoms with Crippen molar-refractivity contribution >= 4 is 22.7 Å². The summed E-state index contributed by atoms with van der Waals surface area (Å²) in [7, 11) is 1.62. The van der Waals surface area contributed by atoms with Crippen LogP contribution in [-0.2, 0) is 4.79 Å². The largest absolute Gasteiger partial charge is 0.361 e. The summed E-state index contributed by atoms with van der Waals surface area (Å²) >= 11 is 0. The molecule has 0 aliphatic rings. The first kappa shape index (κ1) is 13.1. The van der Waals surface area contributed by atoms with Crippen molar-refractivity contribution in [2.45, 2.75) is 6.92 Å². The van der Waals surface area contributed by atoms with Crippen LogP contribution in [0.2, 0.25) is 0 Å². The van der Waals surface area contributed by atoms with Crippen molar-refractivity contribution in [2.24, 2.45) is 0 Å². The van der Waals surface area contributed by atoms with Crippen LogP contribution in [0, 0.1) is 0 Å². The number of likely N-dealkylation sites (N-methyl/N-ethyl adjacent to an activating group) is 2. The zero-order chi connectivity index (χ0) is 13.8. The fourth-order valence-corrected chi connectivity index (χ4v) is 1.95. The number of aromatic nitrogens is 1. The maximum atomic E-state index is 12.2. The van der Waals surface area contributed by atoms with E-state index in [-0.39, 0.29) is 18.4 Å². The average Bonchev–Trinajstić information content (AvgIpc) is 2.85. The molecule has 1 heterocycles. The van der Waals surface area contributed by atoms with Crippen LogP contribution in [-0.4, -0.2) is 41.8 Å². The number of aromatic amines is 1. The lowest BCUT2D eigenvalue weighted by atomic mass is 10.1. The first-order valence-electron chi connectivity index (χ1n) is 6.21. The molecule has 2 aromatic rings. The molecule has 0 bridgehead atoms. The van der Waals surface area contributed by atoms with Crippen LogP contribution in [0.1, 0.15) is 17.3 Å². The van der Waals surface area contributed by atoms with Gasteiger partial charge in [-0.3, -0.25) is 9.59 Å². The molecule has 2 amide bonds. The molecular weight excluding hydrogens is 242 g/mol. The number of carbonyl (C=O) groups excluding carboxylic acids is 2. The molecule has 0 radical (unpaired) electrons. The molecule has 0 unspecified atom stereocenters. The highest BCUT2D eigenvalue weighted by atomic mass is 16.2. The molecular formula is C14H17N3O2. The second-order valence-electron chi connectivity index (χ2n) is 4.39. The van der Waals surface area contributed by atoms with Crippen molar-refractivity contribution in [3.63, 3.8) is 0 Å². The van der Waals surface area contributed by atoms with Crippen molar-refractivity contribution in [2.75, 3.05) is 20.1 Å². The lowest BCUT2D eigenvalue weighted by Gasteiger charge is -2.16. The van der Waals surface area contributed by atoms with E-state index in [0.717, 1.165) is 10.9 Å². The van der Waals surface area contributed by atoms with E-state index >= 15 is 0 Å². The summed E-state index contributed by atoms with van der Waals surface area (Å²) in [6.45, 7) is 2.48. The van der Waals surface area contributed by atoms with Gasteiger partial charge in [-0.1, -0.05) is 0 Å². The molecule has 100 valence electrons. The Labute approximate surface area is 111 Å². The number of hydrogen-bond acceptors (Lipinski definition) is 2. The van der Waals surface area contributed by atoms with Crippen LogP contribution in [0.4, 0.5) is 0 Å². The predicted molar refractivity (Wildman–Crippen MR) is 73.9 cm³/mol. The van der Waals surface area contributed by atoms with Gasteiger partial charge in [0, 0.05) is 36.3 Å².